The van der Waals surface area contributed by atoms with Crippen molar-refractivity contribution < 1.29 is 15.8 Å². The fourth-order valence-corrected chi connectivity index (χ4v) is 3.01. The van der Waals surface area contributed by atoms with Gasteiger partial charge in [0.25, 0.3) is 0 Å². The normalized spacial score (nSPS) is 16.2. The lowest BCUT2D eigenvalue weighted by molar-refractivity contribution is -0.599. The van der Waals surface area contributed by atoms with Gasteiger partial charge in [0.2, 0.25) is 0 Å². The number of hydrogen-bond acceptors (Lipinski definition) is 1. The van der Waals surface area contributed by atoms with Crippen molar-refractivity contribution in [1.29, 1.82) is 0 Å². The van der Waals surface area contributed by atoms with Crippen molar-refractivity contribution in [1.82, 2.24) is 0 Å². The Balaban J connectivity index is 2.00. The first kappa shape index (κ1) is 11.1. The van der Waals surface area contributed by atoms with Crippen molar-refractivity contribution in [2.24, 2.45) is 5.41 Å². The minimum atomic E-state index is -2.45. The second kappa shape index (κ2) is 5.73. The second-order valence-electron chi connectivity index (χ2n) is 7.23. The Hall–Kier alpha value is -2.61. The number of rotatable bonds is 2. The summed E-state index contributed by atoms with van der Waals surface area (Å²) in [5, 5.41) is 1.92. The number of aromatic nitrogens is 1. The van der Waals surface area contributed by atoms with E-state index in [-0.39, 0.29) is 11.1 Å². The van der Waals surface area contributed by atoms with Crippen molar-refractivity contribution in [3.8, 4) is 5.69 Å². The molecular weight excluding hydrogens is 306 g/mol. The lowest BCUT2D eigenvalue weighted by Gasteiger charge is -2.21. The van der Waals surface area contributed by atoms with E-state index in [1.54, 1.807) is 25.3 Å². The molecule has 2 aromatic heterocycles. The number of aryl methyl sites for hydroxylation is 1. The Bertz CT molecular complexity index is 1250. The minimum Gasteiger partial charge on any atom is -0.459 e. The third-order valence-electron chi connectivity index (χ3n) is 4.05. The Morgan fingerprint density at radius 1 is 1.12 bits per heavy atom. The third-order valence-corrected chi connectivity index (χ3v) is 4.05. The first-order chi connectivity index (χ1) is 13.9. The molecule has 2 aromatic carbocycles. The monoisotopic (exact) mass is 334 g/mol. The Kier molecular flexibility index (Phi) is 2.54. The van der Waals surface area contributed by atoms with E-state index in [2.05, 4.69) is 6.20 Å². The summed E-state index contributed by atoms with van der Waals surface area (Å²) in [5.41, 5.74) is 1.36. The third kappa shape index (κ3) is 2.93. The highest BCUT2D eigenvalue weighted by Gasteiger charge is 2.16. The van der Waals surface area contributed by atoms with Gasteiger partial charge >= 0.3 is 0 Å². The van der Waals surface area contributed by atoms with Crippen LogP contribution in [0.5, 0.6) is 0 Å². The highest BCUT2D eigenvalue weighted by atomic mass is 16.3. The van der Waals surface area contributed by atoms with Crippen LogP contribution in [0, 0.1) is 18.5 Å². The molecular formula is C23H23NO. The molecule has 0 atom stereocenters. The summed E-state index contributed by atoms with van der Waals surface area (Å²) in [6.07, 6.45) is 2.65. The molecule has 0 spiro atoms. The molecule has 25 heavy (non-hydrogen) atoms. The Labute approximate surface area is 155 Å². The fourth-order valence-electron chi connectivity index (χ4n) is 3.01. The molecule has 0 saturated carbocycles. The number of pyridine rings is 1. The van der Waals surface area contributed by atoms with Crippen LogP contribution in [0.25, 0.3) is 27.6 Å². The number of nitrogens with zero attached hydrogens (tertiary/aromatic N) is 1. The summed E-state index contributed by atoms with van der Waals surface area (Å²) in [7, 11) is 0. The largest absolute Gasteiger partial charge is 0.459 e. The van der Waals surface area contributed by atoms with Crippen LogP contribution in [-0.4, -0.2) is 0 Å². The molecule has 0 aliphatic heterocycles. The topological polar surface area (TPSA) is 17.0 Å². The summed E-state index contributed by atoms with van der Waals surface area (Å²) in [4.78, 5) is 0. The van der Waals surface area contributed by atoms with Crippen molar-refractivity contribution in [3.63, 3.8) is 0 Å². The molecule has 0 unspecified atom stereocenters. The quantitative estimate of drug-likeness (QED) is 0.346. The second-order valence-corrected chi connectivity index (χ2v) is 7.23. The Morgan fingerprint density at radius 3 is 2.72 bits per heavy atom. The molecule has 2 heteroatoms. The van der Waals surface area contributed by atoms with E-state index in [4.69, 9.17) is 11.3 Å². The van der Waals surface area contributed by atoms with Gasteiger partial charge in [-0.15, -0.1) is 5.56 Å². The summed E-state index contributed by atoms with van der Waals surface area (Å²) >= 11 is 0. The van der Waals surface area contributed by atoms with E-state index in [0.717, 1.165) is 16.4 Å². The summed E-state index contributed by atoms with van der Waals surface area (Å²) in [6.45, 7) is 2.83. The van der Waals surface area contributed by atoms with Crippen LogP contribution >= 0.6 is 0 Å². The van der Waals surface area contributed by atoms with Crippen LogP contribution in [0.3, 0.4) is 0 Å². The maximum atomic E-state index is 8.72. The molecule has 0 N–H and O–H groups in total. The van der Waals surface area contributed by atoms with Gasteiger partial charge in [0.1, 0.15) is 5.58 Å². The number of benzene rings is 2. The van der Waals surface area contributed by atoms with Crippen molar-refractivity contribution in [3.05, 3.63) is 72.1 Å². The van der Waals surface area contributed by atoms with Crippen LogP contribution in [0.1, 0.15) is 38.8 Å². The molecule has 4 rings (SSSR count). The summed E-state index contributed by atoms with van der Waals surface area (Å²) in [5.74, 6) is 0. The van der Waals surface area contributed by atoms with Crippen molar-refractivity contribution >= 4 is 21.9 Å². The van der Waals surface area contributed by atoms with Crippen LogP contribution < -0.4 is 4.57 Å². The molecule has 0 aliphatic carbocycles. The van der Waals surface area contributed by atoms with Gasteiger partial charge in [0, 0.05) is 17.6 Å². The standard InChI is InChI=1S/C23H23NO/c1-16-12-13-24(15-17(16)14-23(2,3)4)20-10-7-9-19-18-8-5-6-11-21(18)25-22(19)20/h5-12,15H,14H2,1-4H3/i1D3,14D2. The molecule has 126 valence electrons. The highest BCUT2D eigenvalue weighted by molar-refractivity contribution is 6.06. The molecule has 4 aromatic rings. The van der Waals surface area contributed by atoms with E-state index < -0.39 is 18.6 Å². The van der Waals surface area contributed by atoms with Crippen LogP contribution in [0.15, 0.2) is 59.1 Å². The van der Waals surface area contributed by atoms with Crippen molar-refractivity contribution in [2.75, 3.05) is 0 Å². The molecule has 0 saturated heterocycles. The lowest BCUT2D eigenvalue weighted by Crippen LogP contribution is -2.32. The van der Waals surface area contributed by atoms with Gasteiger partial charge in [-0.1, -0.05) is 69.6 Å². The number of para-hydroxylation sites is 2. The zero-order valence-corrected chi connectivity index (χ0v) is 14.6. The van der Waals surface area contributed by atoms with E-state index in [1.165, 1.54) is 12.3 Å². The maximum Gasteiger partial charge on any atom is 0.175 e. The predicted molar refractivity (Wildman–Crippen MR) is 102 cm³/mol. The van der Waals surface area contributed by atoms with Crippen LogP contribution in [0.2, 0.25) is 0 Å². The van der Waals surface area contributed by atoms with Gasteiger partial charge in [0.05, 0.1) is 6.20 Å². The number of furan rings is 1. The van der Waals surface area contributed by atoms with Gasteiger partial charge in [-0.2, -0.15) is 0 Å². The molecule has 2 heterocycles. The maximum absolute atomic E-state index is 8.72. The first-order valence-corrected chi connectivity index (χ1v) is 8.30. The number of hydrogen-bond donors (Lipinski definition) is 0. The van der Waals surface area contributed by atoms with Gasteiger partial charge in [0.15, 0.2) is 17.5 Å². The minimum absolute atomic E-state index is 0.0320. The molecule has 2 nitrogen and oxygen atoms in total. The van der Waals surface area contributed by atoms with Gasteiger partial charge in [-0.3, -0.25) is 4.57 Å². The van der Waals surface area contributed by atoms with Crippen LogP contribution in [0.4, 0.5) is 0 Å². The SMILES string of the molecule is [2H]C([2H])([2H])c1c[c-][n+](-c2cccc3c2oc2ccccc23)cc1C([2H])([2H])C(C)(C)C. The van der Waals surface area contributed by atoms with Crippen LogP contribution in [-0.2, 0) is 6.37 Å². The molecule has 0 radical (unpaired) electrons. The first-order valence-electron chi connectivity index (χ1n) is 10.8. The molecule has 0 bridgehead atoms. The van der Waals surface area contributed by atoms with Gasteiger partial charge in [-0.05, 0) is 23.9 Å². The number of fused-ring (bicyclic) bond motifs is 3. The zero-order valence-electron chi connectivity index (χ0n) is 19.6. The fraction of sp³-hybridized carbons (Fsp3) is 0.261. The average Bonchev–Trinajstić information content (AvgIpc) is 3.04. The van der Waals surface area contributed by atoms with Gasteiger partial charge < -0.3 is 4.42 Å². The smallest absolute Gasteiger partial charge is 0.175 e. The molecule has 0 amide bonds. The summed E-state index contributed by atoms with van der Waals surface area (Å²) in [6, 6.07) is 14.8. The molecule has 0 aliphatic rings. The van der Waals surface area contributed by atoms with E-state index in [1.807, 2.05) is 42.5 Å². The average molecular weight is 334 g/mol. The summed E-state index contributed by atoms with van der Waals surface area (Å²) < 4.78 is 48.8. The Morgan fingerprint density at radius 2 is 1.92 bits per heavy atom. The van der Waals surface area contributed by atoms with E-state index >= 15 is 0 Å². The van der Waals surface area contributed by atoms with E-state index in [9.17, 15) is 0 Å². The van der Waals surface area contributed by atoms with Gasteiger partial charge in [-0.25, -0.2) is 0 Å². The van der Waals surface area contributed by atoms with E-state index in [0.29, 0.717) is 11.3 Å². The zero-order chi connectivity index (χ0) is 21.9. The lowest BCUT2D eigenvalue weighted by atomic mass is 9.87. The van der Waals surface area contributed by atoms with Crippen molar-refractivity contribution in [2.45, 2.75) is 34.0 Å². The predicted octanol–water partition coefficient (Wildman–Crippen LogP) is 5.56. The highest BCUT2D eigenvalue weighted by Crippen LogP contribution is 2.31. The molecule has 0 fully saturated rings.